The van der Waals surface area contributed by atoms with Crippen molar-refractivity contribution in [1.82, 2.24) is 10.3 Å². The number of benzene rings is 1. The Bertz CT molecular complexity index is 561. The molecule has 0 aliphatic rings. The van der Waals surface area contributed by atoms with Gasteiger partial charge in [0.25, 0.3) is 0 Å². The average Bonchev–Trinajstić information content (AvgIpc) is 2.51. The Morgan fingerprint density at radius 1 is 1.24 bits per heavy atom. The van der Waals surface area contributed by atoms with E-state index in [2.05, 4.69) is 27.8 Å². The lowest BCUT2D eigenvalue weighted by atomic mass is 10.4. The molecule has 2 aromatic rings. The lowest BCUT2D eigenvalue weighted by molar-refractivity contribution is 0.204. The van der Waals surface area contributed by atoms with Gasteiger partial charge in [-0.15, -0.1) is 0 Å². The van der Waals surface area contributed by atoms with Crippen LogP contribution in [0.25, 0.3) is 0 Å². The van der Waals surface area contributed by atoms with Gasteiger partial charge in [0.15, 0.2) is 5.11 Å². The molecule has 1 aromatic carbocycles. The zero-order chi connectivity index (χ0) is 14.9. The minimum absolute atomic E-state index is 0.567. The van der Waals surface area contributed by atoms with Gasteiger partial charge in [-0.2, -0.15) is 0 Å². The van der Waals surface area contributed by atoms with E-state index in [4.69, 9.17) is 17.0 Å². The Morgan fingerprint density at radius 2 is 2.05 bits per heavy atom. The summed E-state index contributed by atoms with van der Waals surface area (Å²) < 4.78 is 4.95. The lowest BCUT2D eigenvalue weighted by Gasteiger charge is -2.10. The van der Waals surface area contributed by atoms with E-state index in [1.165, 1.54) is 4.90 Å². The van der Waals surface area contributed by atoms with Gasteiger partial charge in [-0.1, -0.05) is 30.0 Å². The second-order valence-corrected chi connectivity index (χ2v) is 5.68. The Morgan fingerprint density at radius 3 is 2.71 bits per heavy atom. The molecule has 0 atom stereocenters. The molecule has 0 aliphatic heterocycles. The summed E-state index contributed by atoms with van der Waals surface area (Å²) in [5, 5.41) is 7.65. The van der Waals surface area contributed by atoms with Crippen molar-refractivity contribution in [3.63, 3.8) is 0 Å². The second-order valence-electron chi connectivity index (χ2n) is 4.17. The van der Waals surface area contributed by atoms with Crippen LogP contribution in [-0.2, 0) is 4.74 Å². The first-order valence-electron chi connectivity index (χ1n) is 6.50. The van der Waals surface area contributed by atoms with Crippen LogP contribution < -0.4 is 10.6 Å². The number of methoxy groups -OCH3 is 1. The van der Waals surface area contributed by atoms with Crippen molar-refractivity contribution >= 4 is 34.8 Å². The minimum Gasteiger partial charge on any atom is -0.383 e. The standard InChI is InChI=1S/C15H17N3OS2/c1-19-10-9-16-15(20)18-12-7-8-14(17-11-12)21-13-5-3-2-4-6-13/h2-8,11H,9-10H2,1H3,(H2,16,18,20). The topological polar surface area (TPSA) is 46.2 Å². The minimum atomic E-state index is 0.567. The predicted molar refractivity (Wildman–Crippen MR) is 90.9 cm³/mol. The molecule has 6 heteroatoms. The summed E-state index contributed by atoms with van der Waals surface area (Å²) in [7, 11) is 1.66. The molecule has 1 aromatic heterocycles. The van der Waals surface area contributed by atoms with E-state index < -0.39 is 0 Å². The molecule has 0 saturated heterocycles. The number of aromatic nitrogens is 1. The summed E-state index contributed by atoms with van der Waals surface area (Å²) in [5.41, 5.74) is 0.863. The van der Waals surface area contributed by atoms with Gasteiger partial charge in [0.1, 0.15) is 5.03 Å². The molecule has 110 valence electrons. The average molecular weight is 319 g/mol. The SMILES string of the molecule is COCCNC(=S)Nc1ccc(Sc2ccccc2)nc1. The van der Waals surface area contributed by atoms with E-state index in [1.54, 1.807) is 25.1 Å². The fourth-order valence-electron chi connectivity index (χ4n) is 1.57. The number of thiocarbonyl (C=S) groups is 1. The van der Waals surface area contributed by atoms with Crippen LogP contribution in [0.1, 0.15) is 0 Å². The van der Waals surface area contributed by atoms with Crippen LogP contribution in [0.5, 0.6) is 0 Å². The number of ether oxygens (including phenoxy) is 1. The summed E-state index contributed by atoms with van der Waals surface area (Å²) in [5.74, 6) is 0. The molecule has 2 N–H and O–H groups in total. The van der Waals surface area contributed by atoms with E-state index in [1.807, 2.05) is 30.3 Å². The van der Waals surface area contributed by atoms with Gasteiger partial charge in [0, 0.05) is 18.6 Å². The molecular weight excluding hydrogens is 302 g/mol. The molecule has 0 spiro atoms. The second kappa shape index (κ2) is 8.61. The maximum absolute atomic E-state index is 5.18. The quantitative estimate of drug-likeness (QED) is 0.630. The van der Waals surface area contributed by atoms with E-state index in [9.17, 15) is 0 Å². The molecular formula is C15H17N3OS2. The third kappa shape index (κ3) is 5.71. The zero-order valence-electron chi connectivity index (χ0n) is 11.7. The van der Waals surface area contributed by atoms with Crippen LogP contribution in [0.4, 0.5) is 5.69 Å². The maximum Gasteiger partial charge on any atom is 0.170 e. The molecule has 21 heavy (non-hydrogen) atoms. The van der Waals surface area contributed by atoms with Crippen LogP contribution >= 0.6 is 24.0 Å². The molecule has 4 nitrogen and oxygen atoms in total. The van der Waals surface area contributed by atoms with Crippen LogP contribution in [0, 0.1) is 0 Å². The zero-order valence-corrected chi connectivity index (χ0v) is 13.3. The highest BCUT2D eigenvalue weighted by molar-refractivity contribution is 7.99. The normalized spacial score (nSPS) is 10.1. The van der Waals surface area contributed by atoms with Gasteiger partial charge in [0.2, 0.25) is 0 Å². The molecule has 0 aliphatic carbocycles. The highest BCUT2D eigenvalue weighted by atomic mass is 32.2. The molecule has 2 rings (SSSR count). The molecule has 0 saturated carbocycles. The van der Waals surface area contributed by atoms with Crippen LogP contribution in [0.2, 0.25) is 0 Å². The van der Waals surface area contributed by atoms with Crippen molar-refractivity contribution in [3.05, 3.63) is 48.7 Å². The first-order valence-corrected chi connectivity index (χ1v) is 7.73. The highest BCUT2D eigenvalue weighted by Gasteiger charge is 2.00. The largest absolute Gasteiger partial charge is 0.383 e. The Kier molecular flexibility index (Phi) is 6.46. The monoisotopic (exact) mass is 319 g/mol. The van der Waals surface area contributed by atoms with E-state index >= 15 is 0 Å². The molecule has 1 heterocycles. The van der Waals surface area contributed by atoms with Crippen molar-refractivity contribution in [1.29, 1.82) is 0 Å². The van der Waals surface area contributed by atoms with Crippen LogP contribution in [0.3, 0.4) is 0 Å². The van der Waals surface area contributed by atoms with Gasteiger partial charge in [0.05, 0.1) is 18.5 Å². The third-order valence-corrected chi connectivity index (χ3v) is 3.76. The first kappa shape index (κ1) is 15.8. The number of pyridine rings is 1. The van der Waals surface area contributed by atoms with Gasteiger partial charge < -0.3 is 15.4 Å². The summed E-state index contributed by atoms with van der Waals surface area (Å²) in [6.45, 7) is 1.30. The number of nitrogens with zero attached hydrogens (tertiary/aromatic N) is 1. The van der Waals surface area contributed by atoms with Crippen molar-refractivity contribution in [2.75, 3.05) is 25.6 Å². The highest BCUT2D eigenvalue weighted by Crippen LogP contribution is 2.25. The van der Waals surface area contributed by atoms with Gasteiger partial charge in [-0.3, -0.25) is 0 Å². The van der Waals surface area contributed by atoms with Crippen molar-refractivity contribution in [2.45, 2.75) is 9.92 Å². The molecule has 0 amide bonds. The fraction of sp³-hybridized carbons (Fsp3) is 0.200. The van der Waals surface area contributed by atoms with Crippen LogP contribution in [0.15, 0.2) is 58.6 Å². The molecule has 0 unspecified atom stereocenters. The summed E-state index contributed by atoms with van der Waals surface area (Å²) in [6.07, 6.45) is 1.77. The number of rotatable bonds is 6. The molecule has 0 fully saturated rings. The van der Waals surface area contributed by atoms with Gasteiger partial charge >= 0.3 is 0 Å². The smallest absolute Gasteiger partial charge is 0.170 e. The Hall–Kier alpha value is -1.63. The van der Waals surface area contributed by atoms with Gasteiger partial charge in [-0.05, 0) is 36.5 Å². The number of nitrogens with one attached hydrogen (secondary N) is 2. The van der Waals surface area contributed by atoms with Crippen molar-refractivity contribution < 1.29 is 4.74 Å². The Balaban J connectivity index is 1.85. The van der Waals surface area contributed by atoms with Gasteiger partial charge in [-0.25, -0.2) is 4.98 Å². The first-order chi connectivity index (χ1) is 10.3. The summed E-state index contributed by atoms with van der Waals surface area (Å²) >= 11 is 6.80. The summed E-state index contributed by atoms with van der Waals surface area (Å²) in [4.78, 5) is 5.58. The van der Waals surface area contributed by atoms with Crippen molar-refractivity contribution in [3.8, 4) is 0 Å². The third-order valence-electron chi connectivity index (χ3n) is 2.55. The lowest BCUT2D eigenvalue weighted by Crippen LogP contribution is -2.31. The van der Waals surface area contributed by atoms with E-state index in [-0.39, 0.29) is 0 Å². The number of hydrogen-bond donors (Lipinski definition) is 2. The number of anilines is 1. The van der Waals surface area contributed by atoms with E-state index in [0.717, 1.165) is 10.7 Å². The predicted octanol–water partition coefficient (Wildman–Crippen LogP) is 3.17. The molecule has 0 bridgehead atoms. The fourth-order valence-corrected chi connectivity index (χ4v) is 2.56. The van der Waals surface area contributed by atoms with Crippen molar-refractivity contribution in [2.24, 2.45) is 0 Å². The van der Waals surface area contributed by atoms with Crippen LogP contribution in [-0.4, -0.2) is 30.4 Å². The summed E-state index contributed by atoms with van der Waals surface area (Å²) in [6, 6.07) is 14.1. The van der Waals surface area contributed by atoms with E-state index in [0.29, 0.717) is 18.3 Å². The molecule has 0 radical (unpaired) electrons. The Labute approximate surface area is 134 Å². The maximum atomic E-state index is 5.18. The number of hydrogen-bond acceptors (Lipinski definition) is 4.